The summed E-state index contributed by atoms with van der Waals surface area (Å²) in [5, 5.41) is 0.377. The number of aromatic nitrogens is 4. The van der Waals surface area contributed by atoms with Crippen LogP contribution in [0.5, 0.6) is 0 Å². The molecule has 2 N–H and O–H groups in total. The van der Waals surface area contributed by atoms with Gasteiger partial charge in [-0.15, -0.1) is 0 Å². The number of benzene rings is 1. The topological polar surface area (TPSA) is 119 Å². The summed E-state index contributed by atoms with van der Waals surface area (Å²) < 4.78 is 30.5. The average Bonchev–Trinajstić information content (AvgIpc) is 3.25. The number of hydrogen-bond donors (Lipinski definition) is 2. The third-order valence-corrected chi connectivity index (χ3v) is 7.11. The van der Waals surface area contributed by atoms with Gasteiger partial charge in [0.15, 0.2) is 0 Å². The van der Waals surface area contributed by atoms with Crippen LogP contribution in [0.15, 0.2) is 63.3 Å². The van der Waals surface area contributed by atoms with Gasteiger partial charge in [-0.1, -0.05) is 30.7 Å². The van der Waals surface area contributed by atoms with Gasteiger partial charge < -0.3 is 4.98 Å². The predicted octanol–water partition coefficient (Wildman–Crippen LogP) is 2.63. The van der Waals surface area contributed by atoms with Crippen molar-refractivity contribution in [2.45, 2.75) is 31.3 Å². The number of nitrogens with one attached hydrogen (secondary N) is 2. The molecule has 4 rings (SSSR count). The molecule has 3 heterocycles. The number of rotatable bonds is 7. The van der Waals surface area contributed by atoms with E-state index in [1.807, 2.05) is 6.92 Å². The van der Waals surface area contributed by atoms with E-state index in [0.29, 0.717) is 39.4 Å². The van der Waals surface area contributed by atoms with E-state index in [0.717, 1.165) is 11.0 Å². The van der Waals surface area contributed by atoms with Crippen molar-refractivity contribution in [2.24, 2.45) is 7.05 Å². The molecule has 0 aliphatic carbocycles. The second kappa shape index (κ2) is 8.97. The van der Waals surface area contributed by atoms with Crippen molar-refractivity contribution in [2.75, 3.05) is 0 Å². The maximum Gasteiger partial charge on any atom is 0.331 e. The minimum absolute atomic E-state index is 0.0334. The minimum atomic E-state index is -3.77. The van der Waals surface area contributed by atoms with Gasteiger partial charge in [0.1, 0.15) is 5.52 Å². The largest absolute Gasteiger partial charge is 0.349 e. The number of aryl methyl sites for hydroxylation is 1. The van der Waals surface area contributed by atoms with Crippen LogP contribution in [-0.2, 0) is 30.2 Å². The van der Waals surface area contributed by atoms with Gasteiger partial charge in [0.05, 0.1) is 15.4 Å². The van der Waals surface area contributed by atoms with Crippen LogP contribution >= 0.6 is 11.6 Å². The van der Waals surface area contributed by atoms with Crippen molar-refractivity contribution in [1.29, 1.82) is 0 Å². The first-order valence-corrected chi connectivity index (χ1v) is 12.1. The van der Waals surface area contributed by atoms with E-state index in [1.165, 1.54) is 31.6 Å². The highest BCUT2D eigenvalue weighted by atomic mass is 35.5. The van der Waals surface area contributed by atoms with Crippen molar-refractivity contribution in [3.63, 3.8) is 0 Å². The normalized spacial score (nSPS) is 11.8. The van der Waals surface area contributed by atoms with Crippen molar-refractivity contribution in [3.8, 4) is 11.3 Å². The Morgan fingerprint density at radius 2 is 1.88 bits per heavy atom. The summed E-state index contributed by atoms with van der Waals surface area (Å²) in [6, 6.07) is 9.63. The molecule has 11 heteroatoms. The number of sulfonamides is 1. The highest BCUT2D eigenvalue weighted by molar-refractivity contribution is 7.89. The molecular weight excluding hydrogens is 466 g/mol. The molecule has 0 saturated carbocycles. The number of H-pyrrole nitrogens is 1. The number of fused-ring (bicyclic) bond motifs is 1. The molecule has 9 nitrogen and oxygen atoms in total. The smallest absolute Gasteiger partial charge is 0.331 e. The lowest BCUT2D eigenvalue weighted by Crippen LogP contribution is -2.38. The Balaban J connectivity index is 1.65. The SMILES string of the molecule is CCCn1c(=O)n(C)c(=O)c2[nH]c(-c3ccc(S(=O)(=O)NCc4ccncc4Cl)cc3)cc21. The van der Waals surface area contributed by atoms with Gasteiger partial charge in [0.25, 0.3) is 5.56 Å². The summed E-state index contributed by atoms with van der Waals surface area (Å²) in [6.45, 7) is 2.46. The maximum absolute atomic E-state index is 12.7. The minimum Gasteiger partial charge on any atom is -0.349 e. The molecule has 0 radical (unpaired) electrons. The zero-order chi connectivity index (χ0) is 23.8. The zero-order valence-corrected chi connectivity index (χ0v) is 19.6. The molecule has 1 aromatic carbocycles. The van der Waals surface area contributed by atoms with Gasteiger partial charge in [-0.25, -0.2) is 17.9 Å². The lowest BCUT2D eigenvalue weighted by Gasteiger charge is -2.08. The van der Waals surface area contributed by atoms with Crippen LogP contribution in [0.4, 0.5) is 0 Å². The highest BCUT2D eigenvalue weighted by Crippen LogP contribution is 2.24. The van der Waals surface area contributed by atoms with E-state index in [2.05, 4.69) is 14.7 Å². The third-order valence-electron chi connectivity index (χ3n) is 5.36. The second-order valence-electron chi connectivity index (χ2n) is 7.56. The van der Waals surface area contributed by atoms with Crippen LogP contribution in [0.1, 0.15) is 18.9 Å². The first-order chi connectivity index (χ1) is 15.7. The van der Waals surface area contributed by atoms with Crippen LogP contribution in [-0.4, -0.2) is 27.5 Å². The monoisotopic (exact) mass is 487 g/mol. The Labute approximate surface area is 194 Å². The fraction of sp³-hybridized carbons (Fsp3) is 0.227. The summed E-state index contributed by atoms with van der Waals surface area (Å²) in [7, 11) is -2.32. The molecule has 0 aliphatic heterocycles. The molecule has 0 amide bonds. The molecule has 0 atom stereocenters. The first kappa shape index (κ1) is 23.0. The van der Waals surface area contributed by atoms with Crippen LogP contribution in [0.2, 0.25) is 5.02 Å². The molecule has 0 saturated heterocycles. The molecule has 0 aliphatic rings. The summed E-state index contributed by atoms with van der Waals surface area (Å²) in [4.78, 5) is 32.1. The molecule has 172 valence electrons. The second-order valence-corrected chi connectivity index (χ2v) is 9.73. The number of halogens is 1. The van der Waals surface area contributed by atoms with E-state index < -0.39 is 15.6 Å². The fourth-order valence-corrected chi connectivity index (χ4v) is 4.76. The standard InChI is InChI=1S/C22H22ClN5O4S/c1-3-10-28-19-11-18(26-20(19)21(29)27(2)22(28)30)14-4-6-16(7-5-14)33(31,32)25-12-15-8-9-24-13-17(15)23/h4-9,11,13,25-26H,3,10,12H2,1-2H3. The van der Waals surface area contributed by atoms with E-state index in [4.69, 9.17) is 11.6 Å². The molecule has 3 aromatic heterocycles. The van der Waals surface area contributed by atoms with E-state index in [9.17, 15) is 18.0 Å². The predicted molar refractivity (Wildman–Crippen MR) is 127 cm³/mol. The van der Waals surface area contributed by atoms with Crippen LogP contribution < -0.4 is 16.0 Å². The van der Waals surface area contributed by atoms with Crippen LogP contribution in [0.25, 0.3) is 22.3 Å². The first-order valence-electron chi connectivity index (χ1n) is 10.2. The Morgan fingerprint density at radius 1 is 1.15 bits per heavy atom. The Morgan fingerprint density at radius 3 is 2.55 bits per heavy atom. The molecule has 0 spiro atoms. The van der Waals surface area contributed by atoms with Crippen LogP contribution in [0.3, 0.4) is 0 Å². The number of pyridine rings is 1. The van der Waals surface area contributed by atoms with E-state index >= 15 is 0 Å². The number of aromatic amines is 1. The summed E-state index contributed by atoms with van der Waals surface area (Å²) in [6.07, 6.45) is 3.73. The number of nitrogens with zero attached hydrogens (tertiary/aromatic N) is 3. The molecule has 0 unspecified atom stereocenters. The maximum atomic E-state index is 12.7. The van der Waals surface area contributed by atoms with Crippen molar-refractivity contribution in [3.05, 3.63) is 80.2 Å². The van der Waals surface area contributed by atoms with Gasteiger partial charge in [0.2, 0.25) is 10.0 Å². The Bertz CT molecular complexity index is 1550. The average molecular weight is 488 g/mol. The summed E-state index contributed by atoms with van der Waals surface area (Å²) in [5.74, 6) is 0. The van der Waals surface area contributed by atoms with Crippen molar-refractivity contribution < 1.29 is 8.42 Å². The molecule has 0 bridgehead atoms. The van der Waals surface area contributed by atoms with Gasteiger partial charge >= 0.3 is 5.69 Å². The summed E-state index contributed by atoms with van der Waals surface area (Å²) >= 11 is 6.04. The fourth-order valence-electron chi connectivity index (χ4n) is 3.57. The summed E-state index contributed by atoms with van der Waals surface area (Å²) in [5.41, 5.74) is 1.97. The van der Waals surface area contributed by atoms with Crippen molar-refractivity contribution >= 4 is 32.7 Å². The zero-order valence-electron chi connectivity index (χ0n) is 18.0. The quantitative estimate of drug-likeness (QED) is 0.415. The van der Waals surface area contributed by atoms with Crippen molar-refractivity contribution in [1.82, 2.24) is 23.8 Å². The lowest BCUT2D eigenvalue weighted by molar-refractivity contribution is 0.581. The lowest BCUT2D eigenvalue weighted by atomic mass is 10.1. The highest BCUT2D eigenvalue weighted by Gasteiger charge is 2.17. The number of hydrogen-bond acceptors (Lipinski definition) is 5. The van der Waals surface area contributed by atoms with Crippen LogP contribution in [0, 0.1) is 0 Å². The van der Waals surface area contributed by atoms with Gasteiger partial charge in [-0.2, -0.15) is 0 Å². The molecule has 33 heavy (non-hydrogen) atoms. The Hall–Kier alpha value is -3.21. The third kappa shape index (κ3) is 4.37. The van der Waals surface area contributed by atoms with Gasteiger partial charge in [0, 0.05) is 38.2 Å². The van der Waals surface area contributed by atoms with Gasteiger partial charge in [-0.3, -0.25) is 18.9 Å². The molecule has 0 fully saturated rings. The molecular formula is C22H22ClN5O4S. The molecule has 4 aromatic rings. The van der Waals surface area contributed by atoms with Gasteiger partial charge in [-0.05, 0) is 41.8 Å². The Kier molecular flexibility index (Phi) is 6.24. The van der Waals surface area contributed by atoms with E-state index in [-0.39, 0.29) is 17.1 Å². The van der Waals surface area contributed by atoms with E-state index in [1.54, 1.807) is 28.8 Å².